The van der Waals surface area contributed by atoms with Crippen LogP contribution in [0.2, 0.25) is 0 Å². The Morgan fingerprint density at radius 2 is 2.00 bits per heavy atom. The number of methoxy groups -OCH3 is 1. The highest BCUT2D eigenvalue weighted by Gasteiger charge is 2.21. The van der Waals surface area contributed by atoms with Gasteiger partial charge < -0.3 is 10.1 Å². The van der Waals surface area contributed by atoms with Gasteiger partial charge in [-0.3, -0.25) is 4.79 Å². The van der Waals surface area contributed by atoms with E-state index in [1.807, 2.05) is 37.4 Å². The minimum Gasteiger partial charge on any atom is -0.495 e. The number of aryl methyl sites for hydroxylation is 1. The first-order valence-corrected chi connectivity index (χ1v) is 11.7. The van der Waals surface area contributed by atoms with Crippen molar-refractivity contribution in [2.24, 2.45) is 0 Å². The molecule has 1 heterocycles. The lowest BCUT2D eigenvalue weighted by Gasteiger charge is -2.12. The van der Waals surface area contributed by atoms with E-state index >= 15 is 0 Å². The Morgan fingerprint density at radius 1 is 1.20 bits per heavy atom. The third kappa shape index (κ3) is 5.05. The Kier molecular flexibility index (Phi) is 6.86. The zero-order chi connectivity index (χ0) is 21.7. The van der Waals surface area contributed by atoms with Gasteiger partial charge in [-0.1, -0.05) is 19.1 Å². The molecule has 2 aromatic carbocycles. The van der Waals surface area contributed by atoms with Crippen LogP contribution >= 0.6 is 11.3 Å². The van der Waals surface area contributed by atoms with E-state index in [-0.39, 0.29) is 16.2 Å². The summed E-state index contributed by atoms with van der Waals surface area (Å²) in [6, 6.07) is 11.7. The molecule has 9 heteroatoms. The van der Waals surface area contributed by atoms with Crippen LogP contribution in [0.3, 0.4) is 0 Å². The van der Waals surface area contributed by atoms with Gasteiger partial charge in [0.1, 0.15) is 10.6 Å². The van der Waals surface area contributed by atoms with Crippen molar-refractivity contribution in [3.8, 4) is 17.0 Å². The maximum atomic E-state index is 12.8. The fraction of sp³-hybridized carbons (Fsp3) is 0.238. The van der Waals surface area contributed by atoms with Crippen molar-refractivity contribution in [1.29, 1.82) is 0 Å². The largest absolute Gasteiger partial charge is 0.495 e. The molecule has 0 aliphatic carbocycles. The average molecular weight is 446 g/mol. The maximum Gasteiger partial charge on any atom is 0.255 e. The number of amides is 1. The fourth-order valence-electron chi connectivity index (χ4n) is 2.80. The standard InChI is InChI=1S/C21H23N3O4S2/c1-4-10-22-30(26,27)20-12-16(8-9-19(20)28-3)21(25)24-17-7-5-6-15(11-17)18-13-29-14(2)23-18/h5-9,11-13,22H,4,10H2,1-3H3,(H,24,25). The highest BCUT2D eigenvalue weighted by atomic mass is 32.2. The predicted octanol–water partition coefficient (Wildman–Crippen LogP) is 4.07. The van der Waals surface area contributed by atoms with Crippen molar-refractivity contribution in [2.75, 3.05) is 19.0 Å². The van der Waals surface area contributed by atoms with Gasteiger partial charge in [0, 0.05) is 28.7 Å². The number of nitrogens with zero attached hydrogens (tertiary/aromatic N) is 1. The van der Waals surface area contributed by atoms with Crippen molar-refractivity contribution in [3.05, 3.63) is 58.4 Å². The normalized spacial score (nSPS) is 11.3. The number of carbonyl (C=O) groups excluding carboxylic acids is 1. The lowest BCUT2D eigenvalue weighted by atomic mass is 10.1. The van der Waals surface area contributed by atoms with Gasteiger partial charge in [0.05, 0.1) is 17.8 Å². The van der Waals surface area contributed by atoms with Crippen LogP contribution in [0.25, 0.3) is 11.3 Å². The summed E-state index contributed by atoms with van der Waals surface area (Å²) in [5.74, 6) is -0.243. The molecule has 0 radical (unpaired) electrons. The van der Waals surface area contributed by atoms with Crippen LogP contribution in [0.4, 0.5) is 5.69 Å². The first kappa shape index (κ1) is 21.9. The van der Waals surface area contributed by atoms with Gasteiger partial charge >= 0.3 is 0 Å². The molecule has 0 unspecified atom stereocenters. The number of rotatable bonds is 8. The molecule has 30 heavy (non-hydrogen) atoms. The lowest BCUT2D eigenvalue weighted by molar-refractivity contribution is 0.102. The molecule has 2 N–H and O–H groups in total. The van der Waals surface area contributed by atoms with E-state index in [2.05, 4.69) is 15.0 Å². The molecule has 0 aliphatic rings. The Balaban J connectivity index is 1.86. The number of hydrogen-bond acceptors (Lipinski definition) is 6. The molecule has 158 valence electrons. The Bertz CT molecular complexity index is 1160. The van der Waals surface area contributed by atoms with E-state index in [4.69, 9.17) is 4.74 Å². The van der Waals surface area contributed by atoms with E-state index in [1.165, 1.54) is 25.3 Å². The van der Waals surface area contributed by atoms with E-state index in [0.29, 0.717) is 18.7 Å². The van der Waals surface area contributed by atoms with Gasteiger partial charge in [0.15, 0.2) is 0 Å². The smallest absolute Gasteiger partial charge is 0.255 e. The average Bonchev–Trinajstić information content (AvgIpc) is 3.18. The zero-order valence-electron chi connectivity index (χ0n) is 16.9. The van der Waals surface area contributed by atoms with Gasteiger partial charge in [-0.2, -0.15) is 0 Å². The number of sulfonamides is 1. The van der Waals surface area contributed by atoms with E-state index in [9.17, 15) is 13.2 Å². The quantitative estimate of drug-likeness (QED) is 0.545. The molecule has 0 aliphatic heterocycles. The number of anilines is 1. The second-order valence-corrected chi connectivity index (χ2v) is 9.35. The molecule has 0 atom stereocenters. The fourth-order valence-corrected chi connectivity index (χ4v) is 4.75. The molecule has 3 aromatic rings. The summed E-state index contributed by atoms with van der Waals surface area (Å²) in [4.78, 5) is 17.2. The first-order chi connectivity index (χ1) is 14.3. The summed E-state index contributed by atoms with van der Waals surface area (Å²) < 4.78 is 32.8. The number of benzene rings is 2. The van der Waals surface area contributed by atoms with Crippen molar-refractivity contribution < 1.29 is 17.9 Å². The second-order valence-electron chi connectivity index (χ2n) is 6.55. The van der Waals surface area contributed by atoms with Crippen molar-refractivity contribution in [1.82, 2.24) is 9.71 Å². The summed E-state index contributed by atoms with van der Waals surface area (Å²) in [7, 11) is -2.41. The third-order valence-corrected chi connectivity index (χ3v) is 6.55. The highest BCUT2D eigenvalue weighted by Crippen LogP contribution is 2.27. The van der Waals surface area contributed by atoms with Crippen LogP contribution in [-0.4, -0.2) is 33.0 Å². The lowest BCUT2D eigenvalue weighted by Crippen LogP contribution is -2.25. The summed E-state index contributed by atoms with van der Waals surface area (Å²) in [5, 5.41) is 5.73. The summed E-state index contributed by atoms with van der Waals surface area (Å²) in [6.07, 6.45) is 0.649. The van der Waals surface area contributed by atoms with Gasteiger partial charge in [-0.05, 0) is 43.7 Å². The van der Waals surface area contributed by atoms with Crippen molar-refractivity contribution in [3.63, 3.8) is 0 Å². The number of ether oxygens (including phenoxy) is 1. The Labute approximate surface area is 180 Å². The molecule has 7 nitrogen and oxygen atoms in total. The van der Waals surface area contributed by atoms with Crippen molar-refractivity contribution in [2.45, 2.75) is 25.2 Å². The minimum absolute atomic E-state index is 0.0715. The molecule has 1 amide bonds. The van der Waals surface area contributed by atoms with E-state index in [1.54, 1.807) is 17.4 Å². The number of aromatic nitrogens is 1. The topological polar surface area (TPSA) is 97.4 Å². The van der Waals surface area contributed by atoms with Crippen LogP contribution in [-0.2, 0) is 10.0 Å². The third-order valence-electron chi connectivity index (χ3n) is 4.29. The molecule has 3 rings (SSSR count). The molecule has 0 bridgehead atoms. The zero-order valence-corrected chi connectivity index (χ0v) is 18.6. The number of nitrogens with one attached hydrogen (secondary N) is 2. The van der Waals surface area contributed by atoms with Gasteiger partial charge in [-0.25, -0.2) is 18.1 Å². The summed E-state index contributed by atoms with van der Waals surface area (Å²) >= 11 is 1.56. The molecule has 1 aromatic heterocycles. The first-order valence-electron chi connectivity index (χ1n) is 9.35. The maximum absolute atomic E-state index is 12.8. The second kappa shape index (κ2) is 9.38. The SMILES string of the molecule is CCCNS(=O)(=O)c1cc(C(=O)Nc2cccc(-c3csc(C)n3)c2)ccc1OC. The van der Waals surface area contributed by atoms with Crippen LogP contribution in [0.1, 0.15) is 28.7 Å². The number of carbonyl (C=O) groups is 1. The van der Waals surface area contributed by atoms with Crippen LogP contribution in [0.5, 0.6) is 5.75 Å². The van der Waals surface area contributed by atoms with Gasteiger partial charge in [0.2, 0.25) is 10.0 Å². The number of hydrogen-bond donors (Lipinski definition) is 2. The highest BCUT2D eigenvalue weighted by molar-refractivity contribution is 7.89. The molecule has 0 fully saturated rings. The van der Waals surface area contributed by atoms with E-state index in [0.717, 1.165) is 16.3 Å². The molecule has 0 saturated heterocycles. The Hall–Kier alpha value is -2.75. The molecular formula is C21H23N3O4S2. The molecular weight excluding hydrogens is 422 g/mol. The Morgan fingerprint density at radius 3 is 2.67 bits per heavy atom. The summed E-state index contributed by atoms with van der Waals surface area (Å²) in [6.45, 7) is 4.10. The minimum atomic E-state index is -3.80. The van der Waals surface area contributed by atoms with Crippen molar-refractivity contribution >= 4 is 33.0 Å². The monoisotopic (exact) mass is 445 g/mol. The van der Waals surface area contributed by atoms with Crippen LogP contribution in [0, 0.1) is 6.92 Å². The summed E-state index contributed by atoms with van der Waals surface area (Å²) in [5.41, 5.74) is 2.53. The van der Waals surface area contributed by atoms with E-state index < -0.39 is 15.9 Å². The predicted molar refractivity (Wildman–Crippen MR) is 119 cm³/mol. The molecule has 0 spiro atoms. The van der Waals surface area contributed by atoms with Crippen LogP contribution < -0.4 is 14.8 Å². The van der Waals surface area contributed by atoms with Crippen LogP contribution in [0.15, 0.2) is 52.7 Å². The van der Waals surface area contributed by atoms with Gasteiger partial charge in [-0.15, -0.1) is 11.3 Å². The molecule has 0 saturated carbocycles. The van der Waals surface area contributed by atoms with Gasteiger partial charge in [0.25, 0.3) is 5.91 Å². The number of thiazole rings is 1.